The second-order valence-electron chi connectivity index (χ2n) is 7.83. The first-order valence-electron chi connectivity index (χ1n) is 11.1. The lowest BCUT2D eigenvalue weighted by Gasteiger charge is -2.35. The van der Waals surface area contributed by atoms with Crippen LogP contribution >= 0.6 is 0 Å². The minimum absolute atomic E-state index is 0.201. The molecule has 0 unspecified atom stereocenters. The van der Waals surface area contributed by atoms with Crippen molar-refractivity contribution in [3.63, 3.8) is 0 Å². The number of anilines is 2. The number of hydrogen-bond donors (Lipinski definition) is 1. The second kappa shape index (κ2) is 11.0. The van der Waals surface area contributed by atoms with Crippen LogP contribution in [0.2, 0.25) is 0 Å². The van der Waals surface area contributed by atoms with Gasteiger partial charge in [-0.3, -0.25) is 4.79 Å². The van der Waals surface area contributed by atoms with Gasteiger partial charge in [0, 0.05) is 58.3 Å². The van der Waals surface area contributed by atoms with Crippen LogP contribution in [0.15, 0.2) is 12.4 Å². The number of ether oxygens (including phenoxy) is 1. The Morgan fingerprint density at radius 1 is 1.07 bits per heavy atom. The van der Waals surface area contributed by atoms with Crippen LogP contribution in [0.4, 0.5) is 16.4 Å². The van der Waals surface area contributed by atoms with E-state index in [9.17, 15) is 9.59 Å². The Morgan fingerprint density at radius 3 is 2.43 bits per heavy atom. The molecule has 166 valence electrons. The minimum Gasteiger partial charge on any atom is -0.450 e. The van der Waals surface area contributed by atoms with Crippen molar-refractivity contribution in [1.82, 2.24) is 19.8 Å². The fraction of sp³-hybridized carbons (Fsp3) is 0.714. The van der Waals surface area contributed by atoms with E-state index in [1.54, 1.807) is 18.2 Å². The molecule has 9 heteroatoms. The van der Waals surface area contributed by atoms with Gasteiger partial charge in [-0.25, -0.2) is 14.8 Å². The lowest BCUT2D eigenvalue weighted by Crippen LogP contribution is -2.50. The van der Waals surface area contributed by atoms with Crippen LogP contribution < -0.4 is 10.2 Å². The number of carbonyl (C=O) groups excluding carboxylic acids is 2. The molecule has 3 heterocycles. The Kier molecular flexibility index (Phi) is 8.10. The van der Waals surface area contributed by atoms with Crippen molar-refractivity contribution >= 4 is 23.6 Å². The van der Waals surface area contributed by atoms with Crippen LogP contribution in [0, 0.1) is 5.92 Å². The number of piperazine rings is 1. The van der Waals surface area contributed by atoms with Gasteiger partial charge >= 0.3 is 6.09 Å². The quantitative estimate of drug-likeness (QED) is 0.726. The molecule has 0 bridgehead atoms. The predicted molar refractivity (Wildman–Crippen MR) is 116 cm³/mol. The normalized spacial score (nSPS) is 17.7. The zero-order valence-corrected chi connectivity index (χ0v) is 18.2. The molecule has 30 heavy (non-hydrogen) atoms. The number of amides is 2. The average Bonchev–Trinajstić information content (AvgIpc) is 2.78. The number of aromatic nitrogens is 2. The van der Waals surface area contributed by atoms with Gasteiger partial charge in [0.2, 0.25) is 5.91 Å². The Balaban J connectivity index is 1.37. The highest BCUT2D eigenvalue weighted by Crippen LogP contribution is 2.26. The van der Waals surface area contributed by atoms with E-state index in [0.29, 0.717) is 45.1 Å². The van der Waals surface area contributed by atoms with Gasteiger partial charge < -0.3 is 24.8 Å². The monoisotopic (exact) mass is 418 g/mol. The summed E-state index contributed by atoms with van der Waals surface area (Å²) in [6.07, 6.45) is 4.99. The largest absolute Gasteiger partial charge is 0.450 e. The Bertz CT molecular complexity index is 700. The maximum Gasteiger partial charge on any atom is 0.409 e. The fourth-order valence-electron chi connectivity index (χ4n) is 4.09. The summed E-state index contributed by atoms with van der Waals surface area (Å²) < 4.78 is 5.03. The topological polar surface area (TPSA) is 90.9 Å². The number of nitrogens with zero attached hydrogens (tertiary/aromatic N) is 5. The van der Waals surface area contributed by atoms with Crippen LogP contribution in [0.5, 0.6) is 0 Å². The highest BCUT2D eigenvalue weighted by Gasteiger charge is 2.26. The molecule has 0 saturated carbocycles. The summed E-state index contributed by atoms with van der Waals surface area (Å²) in [5, 5.41) is 3.23. The smallest absolute Gasteiger partial charge is 0.409 e. The highest BCUT2D eigenvalue weighted by molar-refractivity contribution is 5.76. The van der Waals surface area contributed by atoms with Crippen molar-refractivity contribution in [2.24, 2.45) is 5.92 Å². The van der Waals surface area contributed by atoms with Crippen LogP contribution in [-0.2, 0) is 9.53 Å². The lowest BCUT2D eigenvalue weighted by molar-refractivity contribution is -0.133. The molecule has 0 aromatic carbocycles. The molecule has 0 radical (unpaired) electrons. The summed E-state index contributed by atoms with van der Waals surface area (Å²) in [6, 6.07) is 2.00. The van der Waals surface area contributed by atoms with Crippen molar-refractivity contribution < 1.29 is 14.3 Å². The van der Waals surface area contributed by atoms with Gasteiger partial charge in [0.25, 0.3) is 0 Å². The summed E-state index contributed by atoms with van der Waals surface area (Å²) in [6.45, 7) is 9.28. The zero-order valence-electron chi connectivity index (χ0n) is 18.2. The van der Waals surface area contributed by atoms with E-state index >= 15 is 0 Å². The second-order valence-corrected chi connectivity index (χ2v) is 7.83. The summed E-state index contributed by atoms with van der Waals surface area (Å²) in [5.41, 5.74) is 0. The van der Waals surface area contributed by atoms with E-state index in [0.717, 1.165) is 50.5 Å². The summed E-state index contributed by atoms with van der Waals surface area (Å²) in [5.74, 6) is 2.60. The Labute approximate surface area is 178 Å². The average molecular weight is 419 g/mol. The van der Waals surface area contributed by atoms with E-state index in [1.807, 2.05) is 11.0 Å². The molecular formula is C21H34N6O3. The van der Waals surface area contributed by atoms with E-state index in [1.165, 1.54) is 0 Å². The zero-order chi connectivity index (χ0) is 21.3. The number of carbonyl (C=O) groups is 2. The summed E-state index contributed by atoms with van der Waals surface area (Å²) in [4.78, 5) is 38.9. The molecule has 2 amide bonds. The van der Waals surface area contributed by atoms with Crippen LogP contribution in [-0.4, -0.2) is 84.2 Å². The van der Waals surface area contributed by atoms with E-state index in [4.69, 9.17) is 4.74 Å². The molecule has 2 saturated heterocycles. The van der Waals surface area contributed by atoms with Gasteiger partial charge in [-0.1, -0.05) is 0 Å². The van der Waals surface area contributed by atoms with Crippen molar-refractivity contribution in [1.29, 1.82) is 0 Å². The van der Waals surface area contributed by atoms with Crippen LogP contribution in [0.25, 0.3) is 0 Å². The molecule has 9 nitrogen and oxygen atoms in total. The van der Waals surface area contributed by atoms with E-state index in [-0.39, 0.29) is 12.0 Å². The molecular weight excluding hydrogens is 384 g/mol. The van der Waals surface area contributed by atoms with Crippen molar-refractivity contribution in [2.75, 3.05) is 62.6 Å². The third-order valence-corrected chi connectivity index (χ3v) is 5.87. The first-order valence-corrected chi connectivity index (χ1v) is 11.1. The van der Waals surface area contributed by atoms with Crippen molar-refractivity contribution in [3.05, 3.63) is 12.4 Å². The highest BCUT2D eigenvalue weighted by atomic mass is 16.6. The first-order chi connectivity index (χ1) is 14.6. The first kappa shape index (κ1) is 22.1. The van der Waals surface area contributed by atoms with Crippen LogP contribution in [0.1, 0.15) is 39.5 Å². The van der Waals surface area contributed by atoms with Gasteiger partial charge in [-0.2, -0.15) is 0 Å². The van der Waals surface area contributed by atoms with Gasteiger partial charge in [0.15, 0.2) is 0 Å². The number of piperidine rings is 1. The Morgan fingerprint density at radius 2 is 1.77 bits per heavy atom. The van der Waals surface area contributed by atoms with Crippen LogP contribution in [0.3, 0.4) is 0 Å². The van der Waals surface area contributed by atoms with Gasteiger partial charge in [-0.05, 0) is 39.0 Å². The van der Waals surface area contributed by atoms with Gasteiger partial charge in [0.05, 0.1) is 6.61 Å². The predicted octanol–water partition coefficient (Wildman–Crippen LogP) is 2.21. The fourth-order valence-corrected chi connectivity index (χ4v) is 4.09. The molecule has 0 atom stereocenters. The maximum atomic E-state index is 12.6. The molecule has 0 spiro atoms. The molecule has 2 aliphatic heterocycles. The number of rotatable bonds is 7. The lowest BCUT2D eigenvalue weighted by atomic mass is 9.92. The minimum atomic E-state index is -0.280. The molecule has 3 rings (SSSR count). The Hall–Kier alpha value is -2.58. The standard InChI is InChI=1S/C21H34N6O3/c1-3-22-18-15-19(24-16-23-18)25-9-7-17(8-10-25)5-6-20(28)26-11-13-27(14-12-26)21(29)30-4-2/h15-17H,3-14H2,1-2H3,(H,22,23,24). The van der Waals surface area contributed by atoms with Gasteiger partial charge in [0.1, 0.15) is 18.0 Å². The third kappa shape index (κ3) is 5.96. The molecule has 1 aromatic rings. The third-order valence-electron chi connectivity index (χ3n) is 5.87. The summed E-state index contributed by atoms with van der Waals surface area (Å²) in [7, 11) is 0. The molecule has 1 aromatic heterocycles. The molecule has 2 fully saturated rings. The van der Waals surface area contributed by atoms with Crippen molar-refractivity contribution in [2.45, 2.75) is 39.5 Å². The van der Waals surface area contributed by atoms with E-state index < -0.39 is 0 Å². The maximum absolute atomic E-state index is 12.6. The number of nitrogens with one attached hydrogen (secondary N) is 1. The SMILES string of the molecule is CCNc1cc(N2CCC(CCC(=O)N3CCN(C(=O)OCC)CC3)CC2)ncn1. The molecule has 2 aliphatic rings. The van der Waals surface area contributed by atoms with Gasteiger partial charge in [-0.15, -0.1) is 0 Å². The van der Waals surface area contributed by atoms with Crippen molar-refractivity contribution in [3.8, 4) is 0 Å². The van der Waals surface area contributed by atoms with E-state index in [2.05, 4.69) is 27.1 Å². The number of hydrogen-bond acceptors (Lipinski definition) is 7. The molecule has 0 aliphatic carbocycles. The summed E-state index contributed by atoms with van der Waals surface area (Å²) >= 11 is 0. The molecule has 1 N–H and O–H groups in total.